The molecule has 1 amide bonds. The van der Waals surface area contributed by atoms with Crippen molar-refractivity contribution in [3.8, 4) is 0 Å². The van der Waals surface area contributed by atoms with E-state index in [1.165, 1.54) is 18.4 Å². The Balaban J connectivity index is 1.75. The van der Waals surface area contributed by atoms with Crippen molar-refractivity contribution in [1.82, 2.24) is 14.8 Å². The number of amides is 1. The largest absolute Gasteiger partial charge is 0.377 e. The molecule has 1 aliphatic rings. The highest BCUT2D eigenvalue weighted by Crippen LogP contribution is 2.16. The van der Waals surface area contributed by atoms with Crippen LogP contribution in [-0.4, -0.2) is 50.2 Å². The standard InChI is InChI=1S/C17H21N3O5S/c1-13-12-20(7-3-8-24-13)17(21)14-4-2-5-16(10-14)26(22,23)18-11-15-6-9-25-19-15/h2,4-6,9-10,13,18H,3,7-8,11-12H2,1H3/t13-/m1/s1. The molecule has 8 nitrogen and oxygen atoms in total. The number of sulfonamides is 1. The lowest BCUT2D eigenvalue weighted by molar-refractivity contribution is 0.0562. The summed E-state index contributed by atoms with van der Waals surface area (Å²) in [7, 11) is -3.77. The topological polar surface area (TPSA) is 102 Å². The molecule has 1 atom stereocenters. The quantitative estimate of drug-likeness (QED) is 0.843. The highest BCUT2D eigenvalue weighted by atomic mass is 32.2. The van der Waals surface area contributed by atoms with E-state index in [4.69, 9.17) is 4.74 Å². The maximum atomic E-state index is 12.8. The summed E-state index contributed by atoms with van der Waals surface area (Å²) in [5, 5.41) is 3.66. The predicted octanol–water partition coefficient (Wildman–Crippen LogP) is 1.40. The minimum absolute atomic E-state index is 0.0119. The van der Waals surface area contributed by atoms with E-state index < -0.39 is 10.0 Å². The Bertz CT molecular complexity index is 851. The lowest BCUT2D eigenvalue weighted by Crippen LogP contribution is -2.36. The van der Waals surface area contributed by atoms with Gasteiger partial charge >= 0.3 is 0 Å². The van der Waals surface area contributed by atoms with Crippen molar-refractivity contribution in [1.29, 1.82) is 0 Å². The zero-order chi connectivity index (χ0) is 18.6. The third-order valence-electron chi connectivity index (χ3n) is 4.07. The fourth-order valence-electron chi connectivity index (χ4n) is 2.74. The van der Waals surface area contributed by atoms with Crippen molar-refractivity contribution in [2.24, 2.45) is 0 Å². The van der Waals surface area contributed by atoms with Crippen molar-refractivity contribution in [2.75, 3.05) is 19.7 Å². The number of ether oxygens (including phenoxy) is 1. The van der Waals surface area contributed by atoms with Crippen LogP contribution < -0.4 is 4.72 Å². The van der Waals surface area contributed by atoms with Gasteiger partial charge in [0.15, 0.2) is 0 Å². The van der Waals surface area contributed by atoms with Crippen molar-refractivity contribution in [3.63, 3.8) is 0 Å². The van der Waals surface area contributed by atoms with Crippen molar-refractivity contribution in [2.45, 2.75) is 30.9 Å². The first kappa shape index (κ1) is 18.6. The summed E-state index contributed by atoms with van der Waals surface area (Å²) in [6.45, 7) is 3.62. The molecule has 1 aromatic carbocycles. The van der Waals surface area contributed by atoms with Crippen LogP contribution in [0.2, 0.25) is 0 Å². The molecule has 9 heteroatoms. The average molecular weight is 379 g/mol. The Morgan fingerprint density at radius 2 is 2.23 bits per heavy atom. The maximum Gasteiger partial charge on any atom is 0.253 e. The Labute approximate surface area is 152 Å². The van der Waals surface area contributed by atoms with E-state index in [0.29, 0.717) is 31.0 Å². The fourth-order valence-corrected chi connectivity index (χ4v) is 3.78. The minimum atomic E-state index is -3.77. The molecule has 2 heterocycles. The van der Waals surface area contributed by atoms with Gasteiger partial charge < -0.3 is 14.2 Å². The number of carbonyl (C=O) groups is 1. The smallest absolute Gasteiger partial charge is 0.253 e. The molecule has 26 heavy (non-hydrogen) atoms. The third kappa shape index (κ3) is 4.48. The van der Waals surface area contributed by atoms with Gasteiger partial charge in [-0.15, -0.1) is 0 Å². The molecule has 2 aromatic rings. The molecule has 0 radical (unpaired) electrons. The Morgan fingerprint density at radius 3 is 3.00 bits per heavy atom. The monoisotopic (exact) mass is 379 g/mol. The highest BCUT2D eigenvalue weighted by molar-refractivity contribution is 7.89. The summed E-state index contributed by atoms with van der Waals surface area (Å²) >= 11 is 0. The fraction of sp³-hybridized carbons (Fsp3) is 0.412. The van der Waals surface area contributed by atoms with Crippen LogP contribution in [0.4, 0.5) is 0 Å². The SMILES string of the molecule is C[C@@H]1CN(C(=O)c2cccc(S(=O)(=O)NCc3ccon3)c2)CCCO1. The summed E-state index contributed by atoms with van der Waals surface area (Å²) in [4.78, 5) is 14.5. The number of rotatable bonds is 5. The van der Waals surface area contributed by atoms with Gasteiger partial charge in [0, 0.05) is 31.3 Å². The van der Waals surface area contributed by atoms with E-state index in [9.17, 15) is 13.2 Å². The Kier molecular flexibility index (Phi) is 5.70. The van der Waals surface area contributed by atoms with Crippen LogP contribution in [0.25, 0.3) is 0 Å². The van der Waals surface area contributed by atoms with Crippen LogP contribution >= 0.6 is 0 Å². The third-order valence-corrected chi connectivity index (χ3v) is 5.46. The second-order valence-electron chi connectivity index (χ2n) is 6.13. The van der Waals surface area contributed by atoms with Crippen LogP contribution in [0.3, 0.4) is 0 Å². The highest BCUT2D eigenvalue weighted by Gasteiger charge is 2.23. The van der Waals surface area contributed by atoms with E-state index in [0.717, 1.165) is 6.42 Å². The maximum absolute atomic E-state index is 12.8. The van der Waals surface area contributed by atoms with Gasteiger partial charge in [-0.25, -0.2) is 13.1 Å². The van der Waals surface area contributed by atoms with Crippen LogP contribution in [0.5, 0.6) is 0 Å². The first-order valence-electron chi connectivity index (χ1n) is 8.35. The normalized spacial score (nSPS) is 18.5. The second-order valence-corrected chi connectivity index (χ2v) is 7.90. The summed E-state index contributed by atoms with van der Waals surface area (Å²) in [6, 6.07) is 7.61. The van der Waals surface area contributed by atoms with E-state index in [2.05, 4.69) is 14.4 Å². The van der Waals surface area contributed by atoms with Crippen LogP contribution in [0.15, 0.2) is 46.0 Å². The number of aromatic nitrogens is 1. The van der Waals surface area contributed by atoms with Gasteiger partial charge in [-0.1, -0.05) is 11.2 Å². The van der Waals surface area contributed by atoms with Crippen molar-refractivity contribution in [3.05, 3.63) is 47.9 Å². The Morgan fingerprint density at radius 1 is 1.38 bits per heavy atom. The molecule has 0 saturated carbocycles. The number of nitrogens with one attached hydrogen (secondary N) is 1. The molecule has 0 unspecified atom stereocenters. The summed E-state index contributed by atoms with van der Waals surface area (Å²) in [5.74, 6) is -0.198. The molecule has 1 N–H and O–H groups in total. The molecule has 0 bridgehead atoms. The summed E-state index contributed by atoms with van der Waals surface area (Å²) < 4.78 is 37.6. The molecule has 1 saturated heterocycles. The number of benzene rings is 1. The van der Waals surface area contributed by atoms with E-state index in [-0.39, 0.29) is 23.5 Å². The van der Waals surface area contributed by atoms with Crippen LogP contribution in [0, 0.1) is 0 Å². The lowest BCUT2D eigenvalue weighted by atomic mass is 10.2. The number of nitrogens with zero attached hydrogens (tertiary/aromatic N) is 2. The first-order chi connectivity index (χ1) is 12.5. The van der Waals surface area contributed by atoms with Gasteiger partial charge in [0.1, 0.15) is 6.26 Å². The Hall–Kier alpha value is -2.23. The molecular formula is C17H21N3O5S. The molecule has 3 rings (SSSR count). The van der Waals surface area contributed by atoms with Gasteiger partial charge in [0.2, 0.25) is 10.0 Å². The van der Waals surface area contributed by atoms with Gasteiger partial charge in [0.05, 0.1) is 23.2 Å². The van der Waals surface area contributed by atoms with E-state index in [1.54, 1.807) is 23.1 Å². The zero-order valence-electron chi connectivity index (χ0n) is 14.4. The van der Waals surface area contributed by atoms with Crippen molar-refractivity contribution < 1.29 is 22.5 Å². The van der Waals surface area contributed by atoms with Gasteiger partial charge in [-0.05, 0) is 31.5 Å². The van der Waals surface area contributed by atoms with E-state index in [1.807, 2.05) is 6.92 Å². The summed E-state index contributed by atoms with van der Waals surface area (Å²) in [6.07, 6.45) is 2.08. The number of carbonyl (C=O) groups excluding carboxylic acids is 1. The van der Waals surface area contributed by atoms with Crippen molar-refractivity contribution >= 4 is 15.9 Å². The second kappa shape index (κ2) is 7.98. The first-order valence-corrected chi connectivity index (χ1v) is 9.84. The number of hydrogen-bond donors (Lipinski definition) is 1. The van der Waals surface area contributed by atoms with Gasteiger partial charge in [-0.2, -0.15) is 0 Å². The molecule has 1 aromatic heterocycles. The minimum Gasteiger partial charge on any atom is -0.377 e. The van der Waals surface area contributed by atoms with Gasteiger partial charge in [0.25, 0.3) is 5.91 Å². The van der Waals surface area contributed by atoms with Crippen LogP contribution in [0.1, 0.15) is 29.4 Å². The van der Waals surface area contributed by atoms with Crippen LogP contribution in [-0.2, 0) is 21.3 Å². The van der Waals surface area contributed by atoms with Gasteiger partial charge in [-0.3, -0.25) is 4.79 Å². The molecule has 1 aliphatic heterocycles. The molecule has 0 aliphatic carbocycles. The lowest BCUT2D eigenvalue weighted by Gasteiger charge is -2.22. The molecule has 1 fully saturated rings. The zero-order valence-corrected chi connectivity index (χ0v) is 15.2. The van der Waals surface area contributed by atoms with E-state index >= 15 is 0 Å². The number of hydrogen-bond acceptors (Lipinski definition) is 6. The average Bonchev–Trinajstić information content (AvgIpc) is 3.07. The molecule has 0 spiro atoms. The molecule has 140 valence electrons. The molecular weight excluding hydrogens is 358 g/mol. The summed E-state index contributed by atoms with van der Waals surface area (Å²) in [5.41, 5.74) is 0.808. The predicted molar refractivity (Wildman–Crippen MR) is 92.9 cm³/mol.